The fraction of sp³-hybridized carbons (Fsp3) is 0.357. The van der Waals surface area contributed by atoms with Gasteiger partial charge in [0.15, 0.2) is 0 Å². The van der Waals surface area contributed by atoms with E-state index in [0.717, 1.165) is 16.9 Å². The summed E-state index contributed by atoms with van der Waals surface area (Å²) in [5.74, 6) is -0.458. The van der Waals surface area contributed by atoms with E-state index in [-0.39, 0.29) is 5.91 Å². The van der Waals surface area contributed by atoms with Gasteiger partial charge in [0.1, 0.15) is 11.7 Å². The summed E-state index contributed by atoms with van der Waals surface area (Å²) in [5.41, 5.74) is 2.90. The number of carbonyl (C=O) groups excluding carboxylic acids is 1. The second kappa shape index (κ2) is 6.62. The summed E-state index contributed by atoms with van der Waals surface area (Å²) in [6, 6.07) is 3.07. The molecule has 0 saturated heterocycles. The molecule has 2 N–H and O–H groups in total. The van der Waals surface area contributed by atoms with Gasteiger partial charge in [-0.25, -0.2) is 9.78 Å². The quantitative estimate of drug-likeness (QED) is 0.844. The van der Waals surface area contributed by atoms with Gasteiger partial charge in [0.05, 0.1) is 5.69 Å². The van der Waals surface area contributed by atoms with Crippen LogP contribution in [0.1, 0.15) is 18.2 Å². The third-order valence-corrected chi connectivity index (χ3v) is 3.93. The van der Waals surface area contributed by atoms with Crippen LogP contribution in [0.25, 0.3) is 5.65 Å². The molecule has 0 aliphatic heterocycles. The molecule has 0 fully saturated rings. The number of aromatic nitrogens is 2. The number of carbonyl (C=O) groups is 2. The fourth-order valence-corrected chi connectivity index (χ4v) is 2.85. The lowest BCUT2D eigenvalue weighted by atomic mass is 10.3. The van der Waals surface area contributed by atoms with Crippen molar-refractivity contribution in [2.45, 2.75) is 25.6 Å². The van der Waals surface area contributed by atoms with Crippen molar-refractivity contribution >= 4 is 29.3 Å². The lowest BCUT2D eigenvalue weighted by molar-refractivity contribution is -0.140. The van der Waals surface area contributed by atoms with Crippen molar-refractivity contribution in [3.63, 3.8) is 0 Å². The number of pyridine rings is 1. The molecule has 1 atom stereocenters. The second-order valence-corrected chi connectivity index (χ2v) is 5.84. The summed E-state index contributed by atoms with van der Waals surface area (Å²) in [5, 5.41) is 11.4. The molecule has 2 heterocycles. The number of rotatable bonds is 6. The van der Waals surface area contributed by atoms with Gasteiger partial charge in [-0.1, -0.05) is 6.07 Å². The van der Waals surface area contributed by atoms with Crippen molar-refractivity contribution < 1.29 is 14.7 Å². The number of carboxylic acid groups (broad SMARTS) is 1. The maximum atomic E-state index is 11.0. The molecule has 112 valence electrons. The molecule has 2 aromatic heterocycles. The Hall–Kier alpha value is -2.02. The van der Waals surface area contributed by atoms with Crippen molar-refractivity contribution in [2.75, 3.05) is 5.75 Å². The van der Waals surface area contributed by atoms with Gasteiger partial charge >= 0.3 is 5.97 Å². The van der Waals surface area contributed by atoms with E-state index in [1.165, 1.54) is 18.7 Å². The number of amides is 1. The van der Waals surface area contributed by atoms with Crippen LogP contribution in [0.2, 0.25) is 0 Å². The van der Waals surface area contributed by atoms with Crippen LogP contribution in [0.5, 0.6) is 0 Å². The van der Waals surface area contributed by atoms with Crippen molar-refractivity contribution in [2.24, 2.45) is 0 Å². The molecule has 0 spiro atoms. The molecule has 21 heavy (non-hydrogen) atoms. The van der Waals surface area contributed by atoms with Crippen LogP contribution < -0.4 is 5.32 Å². The van der Waals surface area contributed by atoms with Gasteiger partial charge in [-0.3, -0.25) is 4.79 Å². The van der Waals surface area contributed by atoms with E-state index in [2.05, 4.69) is 10.3 Å². The number of nitrogens with one attached hydrogen (secondary N) is 1. The topological polar surface area (TPSA) is 83.7 Å². The molecule has 0 aromatic carbocycles. The monoisotopic (exact) mass is 307 g/mol. The summed E-state index contributed by atoms with van der Waals surface area (Å²) >= 11 is 1.43. The fourth-order valence-electron chi connectivity index (χ4n) is 1.93. The standard InChI is InChI=1S/C14H17N3O3S/c1-9-3-4-13-16-11(6-17(13)5-9)7-21-8-12(14(19)20)15-10(2)18/h3-6,12H,7-8H2,1-2H3,(H,15,18)(H,19,20)/t12-/m0/s1. The number of carboxylic acids is 1. The summed E-state index contributed by atoms with van der Waals surface area (Å²) in [4.78, 5) is 26.4. The number of thioether (sulfide) groups is 1. The first-order valence-electron chi connectivity index (χ1n) is 6.47. The zero-order valence-corrected chi connectivity index (χ0v) is 12.7. The maximum absolute atomic E-state index is 11.0. The molecule has 0 unspecified atom stereocenters. The number of aryl methyl sites for hydroxylation is 1. The van der Waals surface area contributed by atoms with Crippen LogP contribution in [-0.2, 0) is 15.3 Å². The van der Waals surface area contributed by atoms with Crippen LogP contribution in [0.3, 0.4) is 0 Å². The van der Waals surface area contributed by atoms with Crippen LogP contribution in [-0.4, -0.2) is 38.2 Å². The number of fused-ring (bicyclic) bond motifs is 1. The molecule has 0 saturated carbocycles. The van der Waals surface area contributed by atoms with Crippen LogP contribution in [0, 0.1) is 6.92 Å². The minimum absolute atomic E-state index is 0.307. The summed E-state index contributed by atoms with van der Waals surface area (Å²) in [7, 11) is 0. The normalized spacial score (nSPS) is 12.3. The predicted molar refractivity (Wildman–Crippen MR) is 81.3 cm³/mol. The molecule has 0 aliphatic carbocycles. The van der Waals surface area contributed by atoms with Gasteiger partial charge in [0, 0.05) is 30.8 Å². The molecule has 0 radical (unpaired) electrons. The smallest absolute Gasteiger partial charge is 0.327 e. The van der Waals surface area contributed by atoms with Crippen LogP contribution >= 0.6 is 11.8 Å². The minimum Gasteiger partial charge on any atom is -0.480 e. The Bertz CT molecular complexity index is 669. The van der Waals surface area contributed by atoms with E-state index >= 15 is 0 Å². The Labute approximate surface area is 126 Å². The van der Waals surface area contributed by atoms with Crippen molar-refractivity contribution in [3.05, 3.63) is 35.8 Å². The van der Waals surface area contributed by atoms with Gasteiger partial charge in [0.25, 0.3) is 0 Å². The van der Waals surface area contributed by atoms with Crippen LogP contribution in [0.15, 0.2) is 24.5 Å². The molecule has 2 rings (SSSR count). The second-order valence-electron chi connectivity index (χ2n) is 4.81. The summed E-state index contributed by atoms with van der Waals surface area (Å²) in [6.45, 7) is 3.32. The Balaban J connectivity index is 1.94. The lowest BCUT2D eigenvalue weighted by Gasteiger charge is -2.11. The number of nitrogens with zero attached hydrogens (tertiary/aromatic N) is 2. The first-order valence-corrected chi connectivity index (χ1v) is 7.63. The first-order chi connectivity index (χ1) is 9.95. The number of hydrogen-bond donors (Lipinski definition) is 2. The van der Waals surface area contributed by atoms with Gasteiger partial charge in [0.2, 0.25) is 5.91 Å². The lowest BCUT2D eigenvalue weighted by Crippen LogP contribution is -2.41. The third-order valence-electron chi connectivity index (χ3n) is 2.86. The van der Waals surface area contributed by atoms with Crippen molar-refractivity contribution in [1.29, 1.82) is 0 Å². The highest BCUT2D eigenvalue weighted by molar-refractivity contribution is 7.98. The SMILES string of the molecule is CC(=O)N[C@@H](CSCc1cn2cc(C)ccc2n1)C(=O)O. The zero-order valence-electron chi connectivity index (χ0n) is 11.9. The highest BCUT2D eigenvalue weighted by atomic mass is 32.2. The predicted octanol–water partition coefficient (Wildman–Crippen LogP) is 1.47. The van der Waals surface area contributed by atoms with E-state index in [9.17, 15) is 9.59 Å². The highest BCUT2D eigenvalue weighted by Crippen LogP contribution is 2.14. The van der Waals surface area contributed by atoms with E-state index in [0.29, 0.717) is 11.5 Å². The minimum atomic E-state index is -1.02. The first kappa shape index (κ1) is 15.4. The van der Waals surface area contributed by atoms with Gasteiger partial charge in [-0.15, -0.1) is 0 Å². The van der Waals surface area contributed by atoms with E-state index < -0.39 is 12.0 Å². The van der Waals surface area contributed by atoms with Gasteiger partial charge < -0.3 is 14.8 Å². The molecule has 1 amide bonds. The van der Waals surface area contributed by atoms with Crippen molar-refractivity contribution in [3.8, 4) is 0 Å². The Morgan fingerprint density at radius 3 is 2.86 bits per heavy atom. The third kappa shape index (κ3) is 4.22. The largest absolute Gasteiger partial charge is 0.480 e. The Morgan fingerprint density at radius 2 is 2.19 bits per heavy atom. The van der Waals surface area contributed by atoms with Gasteiger partial charge in [-0.2, -0.15) is 11.8 Å². The maximum Gasteiger partial charge on any atom is 0.327 e. The number of hydrogen-bond acceptors (Lipinski definition) is 4. The average molecular weight is 307 g/mol. The Morgan fingerprint density at radius 1 is 1.43 bits per heavy atom. The molecular weight excluding hydrogens is 290 g/mol. The molecule has 6 nitrogen and oxygen atoms in total. The number of aliphatic carboxylic acids is 1. The summed E-state index contributed by atoms with van der Waals surface area (Å²) < 4.78 is 1.95. The highest BCUT2D eigenvalue weighted by Gasteiger charge is 2.18. The zero-order chi connectivity index (χ0) is 15.4. The molecule has 0 aliphatic rings. The molecule has 7 heteroatoms. The van der Waals surface area contributed by atoms with E-state index in [1.54, 1.807) is 0 Å². The average Bonchev–Trinajstić information content (AvgIpc) is 2.78. The van der Waals surface area contributed by atoms with Gasteiger partial charge in [-0.05, 0) is 18.6 Å². The molecular formula is C14H17N3O3S. The van der Waals surface area contributed by atoms with E-state index in [4.69, 9.17) is 5.11 Å². The van der Waals surface area contributed by atoms with Crippen molar-refractivity contribution in [1.82, 2.24) is 14.7 Å². The van der Waals surface area contributed by atoms with E-state index in [1.807, 2.05) is 35.9 Å². The number of imidazole rings is 1. The molecule has 0 bridgehead atoms. The Kier molecular flexibility index (Phi) is 4.85. The van der Waals surface area contributed by atoms with Crippen LogP contribution in [0.4, 0.5) is 0 Å². The molecule has 2 aromatic rings. The summed E-state index contributed by atoms with van der Waals surface area (Å²) in [6.07, 6.45) is 3.93.